The highest BCUT2D eigenvalue weighted by Crippen LogP contribution is 2.30. The highest BCUT2D eigenvalue weighted by molar-refractivity contribution is 5.89. The Bertz CT molecular complexity index is 392. The van der Waals surface area contributed by atoms with Crippen LogP contribution in [-0.2, 0) is 4.74 Å². The molecule has 0 aliphatic heterocycles. The number of esters is 1. The minimum Gasteiger partial charge on any atom is -0.462 e. The zero-order valence-corrected chi connectivity index (χ0v) is 10.3. The van der Waals surface area contributed by atoms with Crippen molar-refractivity contribution in [3.8, 4) is 0 Å². The Kier molecular flexibility index (Phi) is 6.14. The predicted octanol–water partition coefficient (Wildman–Crippen LogP) is 2.85. The highest BCUT2D eigenvalue weighted by atomic mass is 35.5. The monoisotopic (exact) mass is 283 g/mol. The molecule has 0 aromatic heterocycles. The average molecular weight is 284 g/mol. The van der Waals surface area contributed by atoms with E-state index >= 15 is 0 Å². The van der Waals surface area contributed by atoms with Gasteiger partial charge in [-0.2, -0.15) is 13.2 Å². The standard InChI is InChI=1S/C11H12F3NO2.ClH/c1-2-17-10(16)8-5-3-7(4-6-8)9(15)11(12,13)14;/h3-6,9H,2,15H2,1H3;1H/t9-;/m0./s1. The first-order valence-electron chi connectivity index (χ1n) is 4.95. The number of ether oxygens (including phenoxy) is 1. The van der Waals surface area contributed by atoms with Crippen molar-refractivity contribution in [2.24, 2.45) is 5.73 Å². The van der Waals surface area contributed by atoms with Crippen molar-refractivity contribution in [2.45, 2.75) is 19.1 Å². The molecule has 1 aromatic carbocycles. The van der Waals surface area contributed by atoms with Crippen molar-refractivity contribution in [3.63, 3.8) is 0 Å². The van der Waals surface area contributed by atoms with Crippen molar-refractivity contribution in [1.29, 1.82) is 0 Å². The molecule has 0 aliphatic rings. The van der Waals surface area contributed by atoms with Gasteiger partial charge in [-0.1, -0.05) is 12.1 Å². The van der Waals surface area contributed by atoms with Crippen LogP contribution in [0.2, 0.25) is 0 Å². The summed E-state index contributed by atoms with van der Waals surface area (Å²) in [5.41, 5.74) is 5.12. The summed E-state index contributed by atoms with van der Waals surface area (Å²) in [6, 6.07) is 2.82. The molecule has 102 valence electrons. The summed E-state index contributed by atoms with van der Waals surface area (Å²) >= 11 is 0. The van der Waals surface area contributed by atoms with Crippen LogP contribution in [0.4, 0.5) is 13.2 Å². The zero-order chi connectivity index (χ0) is 13.1. The molecule has 1 aromatic rings. The second kappa shape index (κ2) is 6.61. The maximum Gasteiger partial charge on any atom is 0.407 e. The molecular formula is C11H13ClF3NO2. The van der Waals surface area contributed by atoms with E-state index < -0.39 is 18.2 Å². The highest BCUT2D eigenvalue weighted by Gasteiger charge is 2.37. The summed E-state index contributed by atoms with van der Waals surface area (Å²) < 4.78 is 41.6. The van der Waals surface area contributed by atoms with Gasteiger partial charge in [-0.05, 0) is 24.6 Å². The first-order chi connectivity index (χ1) is 7.86. The number of hydrogen-bond acceptors (Lipinski definition) is 3. The summed E-state index contributed by atoms with van der Waals surface area (Å²) in [5, 5.41) is 0. The first-order valence-corrected chi connectivity index (χ1v) is 4.95. The second-order valence-corrected chi connectivity index (χ2v) is 3.36. The molecule has 2 N–H and O–H groups in total. The maximum atomic E-state index is 12.3. The van der Waals surface area contributed by atoms with Gasteiger partial charge in [0.2, 0.25) is 0 Å². The van der Waals surface area contributed by atoms with Crippen LogP contribution in [0.1, 0.15) is 28.9 Å². The van der Waals surface area contributed by atoms with Crippen LogP contribution in [0.5, 0.6) is 0 Å². The average Bonchev–Trinajstić information content (AvgIpc) is 2.27. The van der Waals surface area contributed by atoms with E-state index in [1.165, 1.54) is 24.3 Å². The Morgan fingerprint density at radius 1 is 1.33 bits per heavy atom. The molecule has 0 amide bonds. The van der Waals surface area contributed by atoms with Gasteiger partial charge < -0.3 is 10.5 Å². The lowest BCUT2D eigenvalue weighted by Crippen LogP contribution is -2.28. The number of rotatable bonds is 3. The fourth-order valence-corrected chi connectivity index (χ4v) is 1.23. The number of halogens is 4. The normalized spacial score (nSPS) is 12.5. The first kappa shape index (κ1) is 16.7. The van der Waals surface area contributed by atoms with Crippen molar-refractivity contribution in [3.05, 3.63) is 35.4 Å². The van der Waals surface area contributed by atoms with Gasteiger partial charge in [0.25, 0.3) is 0 Å². The maximum absolute atomic E-state index is 12.3. The van der Waals surface area contributed by atoms with Crippen molar-refractivity contribution in [1.82, 2.24) is 0 Å². The third-order valence-electron chi connectivity index (χ3n) is 2.13. The molecule has 7 heteroatoms. The van der Waals surface area contributed by atoms with Crippen LogP contribution in [0.15, 0.2) is 24.3 Å². The molecule has 1 rings (SSSR count). The van der Waals surface area contributed by atoms with E-state index in [0.717, 1.165) is 0 Å². The quantitative estimate of drug-likeness (QED) is 0.868. The lowest BCUT2D eigenvalue weighted by molar-refractivity contribution is -0.149. The molecule has 18 heavy (non-hydrogen) atoms. The lowest BCUT2D eigenvalue weighted by atomic mass is 10.1. The molecule has 0 heterocycles. The molecule has 3 nitrogen and oxygen atoms in total. The smallest absolute Gasteiger partial charge is 0.407 e. The van der Waals surface area contributed by atoms with E-state index in [2.05, 4.69) is 0 Å². The van der Waals surface area contributed by atoms with E-state index in [-0.39, 0.29) is 30.1 Å². The van der Waals surface area contributed by atoms with E-state index in [9.17, 15) is 18.0 Å². The SMILES string of the molecule is CCOC(=O)c1ccc([C@H](N)C(F)(F)F)cc1.Cl. The molecule has 0 unspecified atom stereocenters. The van der Waals surface area contributed by atoms with Crippen molar-refractivity contribution in [2.75, 3.05) is 6.61 Å². The van der Waals surface area contributed by atoms with Crippen LogP contribution in [-0.4, -0.2) is 18.8 Å². The van der Waals surface area contributed by atoms with Crippen LogP contribution in [0.25, 0.3) is 0 Å². The topological polar surface area (TPSA) is 52.3 Å². The van der Waals surface area contributed by atoms with E-state index in [1.807, 2.05) is 0 Å². The molecule has 0 saturated heterocycles. The third-order valence-corrected chi connectivity index (χ3v) is 2.13. The van der Waals surface area contributed by atoms with Crippen LogP contribution >= 0.6 is 12.4 Å². The summed E-state index contributed by atoms with van der Waals surface area (Å²) in [6.07, 6.45) is -4.49. The van der Waals surface area contributed by atoms with E-state index in [1.54, 1.807) is 6.92 Å². The number of carbonyl (C=O) groups excluding carboxylic acids is 1. The van der Waals surface area contributed by atoms with Crippen molar-refractivity contribution < 1.29 is 22.7 Å². The summed E-state index contributed by atoms with van der Waals surface area (Å²) in [5.74, 6) is -0.570. The number of alkyl halides is 3. The molecule has 0 fully saturated rings. The summed E-state index contributed by atoms with van der Waals surface area (Å²) in [4.78, 5) is 11.2. The predicted molar refractivity (Wildman–Crippen MR) is 62.6 cm³/mol. The van der Waals surface area contributed by atoms with Gasteiger partial charge in [-0.25, -0.2) is 4.79 Å². The largest absolute Gasteiger partial charge is 0.462 e. The number of carbonyl (C=O) groups is 1. The number of nitrogens with two attached hydrogens (primary N) is 1. The molecule has 1 atom stereocenters. The van der Waals surface area contributed by atoms with Gasteiger partial charge in [0.1, 0.15) is 6.04 Å². The molecule has 0 spiro atoms. The van der Waals surface area contributed by atoms with Crippen molar-refractivity contribution >= 4 is 18.4 Å². The van der Waals surface area contributed by atoms with E-state index in [4.69, 9.17) is 10.5 Å². The summed E-state index contributed by atoms with van der Waals surface area (Å²) in [7, 11) is 0. The molecule has 0 radical (unpaired) electrons. The molecular weight excluding hydrogens is 271 g/mol. The molecule has 0 saturated carbocycles. The van der Waals surface area contributed by atoms with Gasteiger partial charge in [0.15, 0.2) is 0 Å². The van der Waals surface area contributed by atoms with Gasteiger partial charge in [0.05, 0.1) is 12.2 Å². The van der Waals surface area contributed by atoms with Crippen LogP contribution in [0, 0.1) is 0 Å². The van der Waals surface area contributed by atoms with E-state index in [0.29, 0.717) is 0 Å². The summed E-state index contributed by atoms with van der Waals surface area (Å²) in [6.45, 7) is 1.86. The fraction of sp³-hybridized carbons (Fsp3) is 0.364. The lowest BCUT2D eigenvalue weighted by Gasteiger charge is -2.15. The van der Waals surface area contributed by atoms with Gasteiger partial charge >= 0.3 is 12.1 Å². The Balaban J connectivity index is 0.00000289. The van der Waals surface area contributed by atoms with Gasteiger partial charge in [-0.15, -0.1) is 12.4 Å². The molecule has 0 bridgehead atoms. The number of benzene rings is 1. The Morgan fingerprint density at radius 2 is 1.83 bits per heavy atom. The Hall–Kier alpha value is -1.27. The minimum absolute atomic E-state index is 0. The Morgan fingerprint density at radius 3 is 2.22 bits per heavy atom. The van der Waals surface area contributed by atoms with Crippen LogP contribution in [0.3, 0.4) is 0 Å². The number of hydrogen-bond donors (Lipinski definition) is 1. The Labute approximate surface area is 109 Å². The minimum atomic E-state index is -4.49. The van der Waals surface area contributed by atoms with Crippen LogP contribution < -0.4 is 5.73 Å². The van der Waals surface area contributed by atoms with Gasteiger partial charge in [0, 0.05) is 0 Å². The fourth-order valence-electron chi connectivity index (χ4n) is 1.23. The molecule has 0 aliphatic carbocycles. The third kappa shape index (κ3) is 4.19. The second-order valence-electron chi connectivity index (χ2n) is 3.36. The zero-order valence-electron chi connectivity index (χ0n) is 9.53. The van der Waals surface area contributed by atoms with Gasteiger partial charge in [-0.3, -0.25) is 0 Å².